The first-order chi connectivity index (χ1) is 9.88. The van der Waals surface area contributed by atoms with Crippen molar-refractivity contribution in [1.29, 1.82) is 0 Å². The molecule has 0 spiro atoms. The van der Waals surface area contributed by atoms with Crippen LogP contribution in [0.4, 0.5) is 0 Å². The lowest BCUT2D eigenvalue weighted by atomic mass is 10.2. The van der Waals surface area contributed by atoms with Crippen molar-refractivity contribution in [2.45, 2.75) is 43.8 Å². The van der Waals surface area contributed by atoms with Crippen LogP contribution in [0.25, 0.3) is 0 Å². The van der Waals surface area contributed by atoms with E-state index in [0.29, 0.717) is 36.7 Å². The third kappa shape index (κ3) is 4.75. The molecule has 5 nitrogen and oxygen atoms in total. The molecule has 118 valence electrons. The molecule has 1 saturated heterocycles. The highest BCUT2D eigenvalue weighted by molar-refractivity contribution is 9.10. The topological polar surface area (TPSA) is 67.4 Å². The van der Waals surface area contributed by atoms with Gasteiger partial charge in [0.2, 0.25) is 10.0 Å². The van der Waals surface area contributed by atoms with Gasteiger partial charge in [-0.1, -0.05) is 19.9 Å². The Morgan fingerprint density at radius 1 is 1.43 bits per heavy atom. The minimum absolute atomic E-state index is 0.135. The SMILES string of the molecule is CC(C)NCc1ccc(S(=O)(=O)NC2CCOC2)c(Br)c1. The van der Waals surface area contributed by atoms with Crippen molar-refractivity contribution in [3.8, 4) is 0 Å². The first-order valence-electron chi connectivity index (χ1n) is 7.00. The van der Waals surface area contributed by atoms with E-state index in [2.05, 4.69) is 39.8 Å². The third-order valence-corrected chi connectivity index (χ3v) is 5.75. The van der Waals surface area contributed by atoms with Gasteiger partial charge in [0.1, 0.15) is 0 Å². The highest BCUT2D eigenvalue weighted by atomic mass is 79.9. The van der Waals surface area contributed by atoms with Crippen LogP contribution in [0.3, 0.4) is 0 Å². The molecule has 1 aromatic rings. The third-order valence-electron chi connectivity index (χ3n) is 3.25. The fourth-order valence-electron chi connectivity index (χ4n) is 2.10. The van der Waals surface area contributed by atoms with Gasteiger partial charge in [-0.15, -0.1) is 0 Å². The molecular weight excluding hydrogens is 356 g/mol. The molecule has 2 N–H and O–H groups in total. The molecule has 1 unspecified atom stereocenters. The predicted molar refractivity (Wildman–Crippen MR) is 85.7 cm³/mol. The number of hydrogen-bond acceptors (Lipinski definition) is 4. The van der Waals surface area contributed by atoms with E-state index in [-0.39, 0.29) is 10.9 Å². The summed E-state index contributed by atoms with van der Waals surface area (Å²) in [6, 6.07) is 5.56. The van der Waals surface area contributed by atoms with Crippen LogP contribution in [0, 0.1) is 0 Å². The fourth-order valence-corrected chi connectivity index (χ4v) is 4.48. The number of nitrogens with one attached hydrogen (secondary N) is 2. The summed E-state index contributed by atoms with van der Waals surface area (Å²) in [4.78, 5) is 0.266. The van der Waals surface area contributed by atoms with E-state index in [1.165, 1.54) is 0 Å². The molecule has 1 aromatic carbocycles. The molecule has 1 aliphatic rings. The van der Waals surface area contributed by atoms with E-state index in [1.54, 1.807) is 6.07 Å². The Bertz CT molecular complexity index is 584. The van der Waals surface area contributed by atoms with E-state index in [9.17, 15) is 8.42 Å². The Hall–Kier alpha value is -0.470. The second-order valence-electron chi connectivity index (χ2n) is 5.48. The first kappa shape index (κ1) is 16.9. The molecule has 0 aromatic heterocycles. The van der Waals surface area contributed by atoms with Crippen LogP contribution >= 0.6 is 15.9 Å². The van der Waals surface area contributed by atoms with Crippen molar-refractivity contribution >= 4 is 26.0 Å². The quantitative estimate of drug-likeness (QED) is 0.796. The number of benzene rings is 1. The highest BCUT2D eigenvalue weighted by Crippen LogP contribution is 2.24. The number of ether oxygens (including phenoxy) is 1. The van der Waals surface area contributed by atoms with Crippen molar-refractivity contribution < 1.29 is 13.2 Å². The number of halogens is 1. The van der Waals surface area contributed by atoms with Gasteiger partial charge in [0.05, 0.1) is 11.5 Å². The summed E-state index contributed by atoms with van der Waals surface area (Å²) in [6.45, 7) is 5.89. The van der Waals surface area contributed by atoms with Gasteiger partial charge in [-0.25, -0.2) is 13.1 Å². The van der Waals surface area contributed by atoms with Crippen LogP contribution in [0.5, 0.6) is 0 Å². The summed E-state index contributed by atoms with van der Waals surface area (Å²) in [5.41, 5.74) is 1.04. The number of sulfonamides is 1. The van der Waals surface area contributed by atoms with Crippen molar-refractivity contribution in [2.75, 3.05) is 13.2 Å². The predicted octanol–water partition coefficient (Wildman–Crippen LogP) is 2.01. The molecule has 1 aliphatic heterocycles. The van der Waals surface area contributed by atoms with E-state index in [0.717, 1.165) is 5.56 Å². The lowest BCUT2D eigenvalue weighted by molar-refractivity contribution is 0.192. The Balaban J connectivity index is 2.11. The maximum Gasteiger partial charge on any atom is 0.242 e. The van der Waals surface area contributed by atoms with Crippen LogP contribution < -0.4 is 10.0 Å². The lowest BCUT2D eigenvalue weighted by Crippen LogP contribution is -2.35. The Labute approximate surface area is 134 Å². The smallest absolute Gasteiger partial charge is 0.242 e. The van der Waals surface area contributed by atoms with Crippen molar-refractivity contribution in [1.82, 2.24) is 10.0 Å². The first-order valence-corrected chi connectivity index (χ1v) is 9.28. The molecule has 0 amide bonds. The Kier molecular flexibility index (Phi) is 5.79. The van der Waals surface area contributed by atoms with Crippen molar-refractivity contribution in [3.63, 3.8) is 0 Å². The monoisotopic (exact) mass is 376 g/mol. The summed E-state index contributed by atoms with van der Waals surface area (Å²) in [6.07, 6.45) is 0.716. The van der Waals surface area contributed by atoms with Crippen LogP contribution in [-0.2, 0) is 21.3 Å². The average molecular weight is 377 g/mol. The highest BCUT2D eigenvalue weighted by Gasteiger charge is 2.25. The zero-order chi connectivity index (χ0) is 15.5. The van der Waals surface area contributed by atoms with E-state index < -0.39 is 10.0 Å². The Morgan fingerprint density at radius 3 is 2.76 bits per heavy atom. The second kappa shape index (κ2) is 7.19. The maximum atomic E-state index is 12.4. The Morgan fingerprint density at radius 2 is 2.19 bits per heavy atom. The van der Waals surface area contributed by atoms with Gasteiger partial charge in [0, 0.05) is 29.7 Å². The summed E-state index contributed by atoms with van der Waals surface area (Å²) in [5.74, 6) is 0. The van der Waals surface area contributed by atoms with Gasteiger partial charge >= 0.3 is 0 Å². The van der Waals surface area contributed by atoms with Crippen molar-refractivity contribution in [3.05, 3.63) is 28.2 Å². The van der Waals surface area contributed by atoms with E-state index >= 15 is 0 Å². The molecule has 1 fully saturated rings. The number of rotatable bonds is 6. The second-order valence-corrected chi connectivity index (χ2v) is 8.02. The zero-order valence-electron chi connectivity index (χ0n) is 12.2. The summed E-state index contributed by atoms with van der Waals surface area (Å²) < 4.78 is 33.2. The molecule has 0 bridgehead atoms. The van der Waals surface area contributed by atoms with Crippen LogP contribution in [0.2, 0.25) is 0 Å². The summed E-state index contributed by atoms with van der Waals surface area (Å²) in [7, 11) is -3.52. The van der Waals surface area contributed by atoms with Crippen molar-refractivity contribution in [2.24, 2.45) is 0 Å². The van der Waals surface area contributed by atoms with Gasteiger partial charge < -0.3 is 10.1 Å². The minimum Gasteiger partial charge on any atom is -0.380 e. The molecular formula is C14H21BrN2O3S. The molecule has 0 aliphatic carbocycles. The molecule has 7 heteroatoms. The zero-order valence-corrected chi connectivity index (χ0v) is 14.6. The maximum absolute atomic E-state index is 12.4. The van der Waals surface area contributed by atoms with Gasteiger partial charge in [0.15, 0.2) is 0 Å². The van der Waals surface area contributed by atoms with Gasteiger partial charge in [0.25, 0.3) is 0 Å². The molecule has 1 heterocycles. The van der Waals surface area contributed by atoms with Gasteiger partial charge in [-0.2, -0.15) is 0 Å². The van der Waals surface area contributed by atoms with Crippen LogP contribution in [-0.4, -0.2) is 33.7 Å². The summed E-state index contributed by atoms with van der Waals surface area (Å²) >= 11 is 3.36. The normalized spacial score (nSPS) is 19.3. The standard InChI is InChI=1S/C14H21BrN2O3S/c1-10(2)16-8-11-3-4-14(13(15)7-11)21(18,19)17-12-5-6-20-9-12/h3-4,7,10,12,16-17H,5-6,8-9H2,1-2H3. The van der Waals surface area contributed by atoms with Gasteiger partial charge in [-0.05, 0) is 40.0 Å². The molecule has 0 radical (unpaired) electrons. The molecule has 1 atom stereocenters. The largest absolute Gasteiger partial charge is 0.380 e. The average Bonchev–Trinajstić information content (AvgIpc) is 2.88. The number of hydrogen-bond donors (Lipinski definition) is 2. The molecule has 21 heavy (non-hydrogen) atoms. The van der Waals surface area contributed by atoms with Crippen LogP contribution in [0.15, 0.2) is 27.6 Å². The lowest BCUT2D eigenvalue weighted by Gasteiger charge is -2.14. The van der Waals surface area contributed by atoms with Gasteiger partial charge in [-0.3, -0.25) is 0 Å². The van der Waals surface area contributed by atoms with Crippen LogP contribution in [0.1, 0.15) is 25.8 Å². The molecule has 0 saturated carbocycles. The molecule has 2 rings (SSSR count). The summed E-state index contributed by atoms with van der Waals surface area (Å²) in [5, 5.41) is 3.30. The van der Waals surface area contributed by atoms with E-state index in [1.807, 2.05) is 12.1 Å². The fraction of sp³-hybridized carbons (Fsp3) is 0.571. The minimum atomic E-state index is -3.52. The van der Waals surface area contributed by atoms with E-state index in [4.69, 9.17) is 4.74 Å².